The van der Waals surface area contributed by atoms with Crippen LogP contribution in [0, 0.1) is 17.3 Å². The van der Waals surface area contributed by atoms with Gasteiger partial charge in [-0.1, -0.05) is 76.3 Å². The smallest absolute Gasteiger partial charge is 0.0184 e. The summed E-state index contributed by atoms with van der Waals surface area (Å²) in [4.78, 5) is 0. The fraction of sp³-hybridized carbons (Fsp3) is 0.579. The molecule has 0 aliphatic heterocycles. The van der Waals surface area contributed by atoms with E-state index in [2.05, 4.69) is 70.7 Å². The van der Waals surface area contributed by atoms with Crippen LogP contribution in [-0.4, -0.2) is 0 Å². The van der Waals surface area contributed by atoms with Gasteiger partial charge in [0.1, 0.15) is 0 Å². The topological polar surface area (TPSA) is 0 Å². The van der Waals surface area contributed by atoms with Crippen molar-refractivity contribution in [3.05, 3.63) is 48.6 Å². The van der Waals surface area contributed by atoms with Gasteiger partial charge in [0.05, 0.1) is 0 Å². The lowest BCUT2D eigenvalue weighted by molar-refractivity contribution is 0.286. The van der Waals surface area contributed by atoms with Crippen molar-refractivity contribution in [3.8, 4) is 0 Å². The van der Waals surface area contributed by atoms with Crippen molar-refractivity contribution in [1.29, 1.82) is 0 Å². The van der Waals surface area contributed by atoms with Gasteiger partial charge in [-0.05, 0) is 42.9 Å². The van der Waals surface area contributed by atoms with E-state index in [9.17, 15) is 0 Å². The molecule has 1 rings (SSSR count). The van der Waals surface area contributed by atoms with Crippen LogP contribution in [0.3, 0.4) is 0 Å². The molecule has 0 bridgehead atoms. The van der Waals surface area contributed by atoms with Crippen molar-refractivity contribution in [3.63, 3.8) is 0 Å². The fourth-order valence-corrected chi connectivity index (χ4v) is 2.59. The van der Waals surface area contributed by atoms with E-state index >= 15 is 0 Å². The van der Waals surface area contributed by atoms with Crippen molar-refractivity contribution in [2.24, 2.45) is 17.3 Å². The van der Waals surface area contributed by atoms with Gasteiger partial charge >= 0.3 is 0 Å². The van der Waals surface area contributed by atoms with E-state index in [4.69, 9.17) is 0 Å². The van der Waals surface area contributed by atoms with Crippen molar-refractivity contribution in [2.45, 2.75) is 53.4 Å². The highest BCUT2D eigenvalue weighted by molar-refractivity contribution is 5.17. The van der Waals surface area contributed by atoms with E-state index in [1.165, 1.54) is 24.8 Å². The van der Waals surface area contributed by atoms with Crippen LogP contribution in [0.25, 0.3) is 0 Å². The lowest BCUT2D eigenvalue weighted by atomic mass is 9.78. The molecule has 19 heavy (non-hydrogen) atoms. The molecule has 0 heteroatoms. The molecular formula is C19H30. The molecule has 0 aromatic heterocycles. The Kier molecular flexibility index (Phi) is 6.34. The third-order valence-corrected chi connectivity index (χ3v) is 4.02. The molecule has 0 radical (unpaired) electrons. The second kappa shape index (κ2) is 7.53. The predicted octanol–water partition coefficient (Wildman–Crippen LogP) is 6.08. The van der Waals surface area contributed by atoms with Crippen molar-refractivity contribution in [1.82, 2.24) is 0 Å². The van der Waals surface area contributed by atoms with Gasteiger partial charge < -0.3 is 0 Å². The Bertz CT molecular complexity index is 360. The number of hydrogen-bond donors (Lipinski definition) is 0. The van der Waals surface area contributed by atoms with Crippen LogP contribution in [0.5, 0.6) is 0 Å². The summed E-state index contributed by atoms with van der Waals surface area (Å²) in [6.45, 7) is 13.4. The Morgan fingerprint density at radius 1 is 1.37 bits per heavy atom. The highest BCUT2D eigenvalue weighted by Gasteiger charge is 2.19. The monoisotopic (exact) mass is 258 g/mol. The van der Waals surface area contributed by atoms with E-state index in [0.717, 1.165) is 6.42 Å². The van der Waals surface area contributed by atoms with Gasteiger partial charge in [-0.15, -0.1) is 0 Å². The molecule has 106 valence electrons. The summed E-state index contributed by atoms with van der Waals surface area (Å²) in [7, 11) is 0. The summed E-state index contributed by atoms with van der Waals surface area (Å²) < 4.78 is 0. The van der Waals surface area contributed by atoms with Crippen LogP contribution >= 0.6 is 0 Å². The maximum Gasteiger partial charge on any atom is -0.0184 e. The molecule has 0 aromatic rings. The summed E-state index contributed by atoms with van der Waals surface area (Å²) in [6, 6.07) is 0. The third kappa shape index (κ3) is 6.09. The number of hydrogen-bond acceptors (Lipinski definition) is 0. The average Bonchev–Trinajstić information content (AvgIpc) is 2.36. The van der Waals surface area contributed by atoms with Gasteiger partial charge in [0.15, 0.2) is 0 Å². The Balaban J connectivity index is 2.37. The molecule has 0 fully saturated rings. The maximum atomic E-state index is 4.20. The van der Waals surface area contributed by atoms with E-state index in [1.807, 2.05) is 0 Å². The third-order valence-electron chi connectivity index (χ3n) is 4.02. The Morgan fingerprint density at radius 2 is 2.11 bits per heavy atom. The molecule has 0 amide bonds. The Morgan fingerprint density at radius 3 is 2.63 bits per heavy atom. The van der Waals surface area contributed by atoms with E-state index in [1.54, 1.807) is 0 Å². The number of allylic oxidation sites excluding steroid dienone is 7. The van der Waals surface area contributed by atoms with E-state index < -0.39 is 0 Å². The van der Waals surface area contributed by atoms with Crippen molar-refractivity contribution < 1.29 is 0 Å². The zero-order valence-electron chi connectivity index (χ0n) is 13.2. The lowest BCUT2D eigenvalue weighted by Crippen LogP contribution is -2.17. The van der Waals surface area contributed by atoms with Gasteiger partial charge in [0, 0.05) is 0 Å². The minimum absolute atomic E-state index is 0.350. The molecule has 1 aliphatic carbocycles. The Labute approximate surface area is 120 Å². The van der Waals surface area contributed by atoms with Gasteiger partial charge in [-0.2, -0.15) is 0 Å². The predicted molar refractivity (Wildman–Crippen MR) is 87.1 cm³/mol. The summed E-state index contributed by atoms with van der Waals surface area (Å²) in [6.07, 6.45) is 18.2. The minimum atomic E-state index is 0.350. The van der Waals surface area contributed by atoms with Gasteiger partial charge in [-0.25, -0.2) is 0 Å². The normalized spacial score (nSPS) is 20.9. The van der Waals surface area contributed by atoms with Gasteiger partial charge in [0.25, 0.3) is 0 Å². The highest BCUT2D eigenvalue weighted by Crippen LogP contribution is 2.30. The van der Waals surface area contributed by atoms with Crippen LogP contribution in [0.1, 0.15) is 53.4 Å². The zero-order valence-corrected chi connectivity index (χ0v) is 13.2. The van der Waals surface area contributed by atoms with Crippen molar-refractivity contribution >= 4 is 0 Å². The SMILES string of the molecule is C=C(C=CC(CC)C(C)(C)C)CCC1C=CC=CC1. The fourth-order valence-electron chi connectivity index (χ4n) is 2.59. The molecule has 0 saturated carbocycles. The second-order valence-electron chi connectivity index (χ2n) is 6.75. The van der Waals surface area contributed by atoms with Gasteiger partial charge in [-0.3, -0.25) is 0 Å². The van der Waals surface area contributed by atoms with Crippen LogP contribution in [0.4, 0.5) is 0 Å². The highest BCUT2D eigenvalue weighted by atomic mass is 14.2. The second-order valence-corrected chi connectivity index (χ2v) is 6.75. The molecule has 0 heterocycles. The van der Waals surface area contributed by atoms with Crippen molar-refractivity contribution in [2.75, 3.05) is 0 Å². The van der Waals surface area contributed by atoms with Gasteiger partial charge in [0.2, 0.25) is 0 Å². The van der Waals surface area contributed by atoms with Crippen LogP contribution in [0.15, 0.2) is 48.6 Å². The summed E-state index contributed by atoms with van der Waals surface area (Å²) >= 11 is 0. The molecular weight excluding hydrogens is 228 g/mol. The van der Waals surface area contributed by atoms with E-state index in [0.29, 0.717) is 17.3 Å². The molecule has 0 spiro atoms. The molecule has 1 aliphatic rings. The van der Waals surface area contributed by atoms with Crippen LogP contribution in [0.2, 0.25) is 0 Å². The number of rotatable bonds is 6. The average molecular weight is 258 g/mol. The molecule has 2 atom stereocenters. The zero-order chi connectivity index (χ0) is 14.3. The first-order valence-electron chi connectivity index (χ1n) is 7.62. The molecule has 0 N–H and O–H groups in total. The summed E-state index contributed by atoms with van der Waals surface area (Å²) in [5.74, 6) is 1.35. The summed E-state index contributed by atoms with van der Waals surface area (Å²) in [5, 5.41) is 0. The van der Waals surface area contributed by atoms with E-state index in [-0.39, 0.29) is 0 Å². The standard InChI is InChI=1S/C19H30/c1-6-18(19(3,4)5)15-13-16(2)12-14-17-10-8-7-9-11-17/h7-10,13,15,17-18H,2,6,11-12,14H2,1,3-5H3. The molecule has 0 saturated heterocycles. The first-order valence-corrected chi connectivity index (χ1v) is 7.62. The molecule has 0 nitrogen and oxygen atoms in total. The lowest BCUT2D eigenvalue weighted by Gasteiger charge is -2.27. The first-order chi connectivity index (χ1) is 8.93. The molecule has 2 unspecified atom stereocenters. The van der Waals surface area contributed by atoms with Crippen LogP contribution < -0.4 is 0 Å². The minimum Gasteiger partial charge on any atom is -0.0958 e. The first kappa shape index (κ1) is 16.0. The summed E-state index contributed by atoms with van der Waals surface area (Å²) in [5.41, 5.74) is 1.62. The van der Waals surface area contributed by atoms with Crippen LogP contribution in [-0.2, 0) is 0 Å². The molecule has 0 aromatic carbocycles. The Hall–Kier alpha value is -1.04. The maximum absolute atomic E-state index is 4.20. The quantitative estimate of drug-likeness (QED) is 0.506. The largest absolute Gasteiger partial charge is 0.0958 e.